The van der Waals surface area contributed by atoms with E-state index in [2.05, 4.69) is 4.37 Å². The number of nitrogens with zero attached hydrogens (tertiary/aromatic N) is 1. The van der Waals surface area contributed by atoms with Gasteiger partial charge in [0.2, 0.25) is 0 Å². The first-order chi connectivity index (χ1) is 6.33. The van der Waals surface area contributed by atoms with Crippen LogP contribution in [0.3, 0.4) is 0 Å². The molecule has 0 aliphatic carbocycles. The molecule has 0 saturated heterocycles. The highest BCUT2D eigenvalue weighted by atomic mass is 32.1. The molecule has 0 unspecified atom stereocenters. The highest BCUT2D eigenvalue weighted by Gasteiger charge is 2.06. The summed E-state index contributed by atoms with van der Waals surface area (Å²) in [5, 5.41) is 14.1. The van der Waals surface area contributed by atoms with Crippen LogP contribution in [-0.2, 0) is 6.42 Å². The summed E-state index contributed by atoms with van der Waals surface area (Å²) in [4.78, 5) is 0.775. The van der Waals surface area contributed by atoms with Gasteiger partial charge in [0.15, 0.2) is 0 Å². The van der Waals surface area contributed by atoms with Gasteiger partial charge in [-0.3, -0.25) is 0 Å². The third-order valence-electron chi connectivity index (χ3n) is 1.44. The fourth-order valence-electron chi connectivity index (χ4n) is 0.858. The zero-order chi connectivity index (χ0) is 10.3. The lowest BCUT2D eigenvalue weighted by atomic mass is 10.2. The summed E-state index contributed by atoms with van der Waals surface area (Å²) in [5.74, 6) is 0. The van der Waals surface area contributed by atoms with E-state index in [0.29, 0.717) is 0 Å². The van der Waals surface area contributed by atoms with Crippen molar-refractivity contribution in [2.75, 3.05) is 0 Å². The van der Waals surface area contributed by atoms with Gasteiger partial charge in [-0.1, -0.05) is 20.8 Å². The second kappa shape index (κ2) is 6.48. The Morgan fingerprint density at radius 2 is 1.92 bits per heavy atom. The van der Waals surface area contributed by atoms with Crippen molar-refractivity contribution in [2.24, 2.45) is 0 Å². The second-order valence-corrected chi connectivity index (χ2v) is 2.85. The normalized spacial score (nSPS) is 8.54. The third kappa shape index (κ3) is 2.73. The molecule has 0 aliphatic rings. The van der Waals surface area contributed by atoms with Crippen LogP contribution >= 0.6 is 11.5 Å². The number of aryl methyl sites for hydroxylation is 1. The predicted octanol–water partition coefficient (Wildman–Crippen LogP) is 2.73. The Labute approximate surface area is 83.0 Å². The average molecular weight is 197 g/mol. The first kappa shape index (κ1) is 12.0. The van der Waals surface area contributed by atoms with Crippen LogP contribution in [-0.4, -0.2) is 16.8 Å². The monoisotopic (exact) mass is 197 g/mol. The fourth-order valence-corrected chi connectivity index (χ4v) is 1.62. The summed E-state index contributed by atoms with van der Waals surface area (Å²) in [7, 11) is 0. The maximum absolute atomic E-state index is 7.09. The van der Waals surface area contributed by atoms with Crippen molar-refractivity contribution in [3.8, 4) is 0 Å². The van der Waals surface area contributed by atoms with Gasteiger partial charge >= 0.3 is 0 Å². The number of nitrogens with one attached hydrogen (secondary N) is 2. The van der Waals surface area contributed by atoms with Gasteiger partial charge in [0, 0.05) is 18.0 Å². The lowest BCUT2D eigenvalue weighted by molar-refractivity contribution is 1.08. The Balaban J connectivity index is 0.000000671. The summed E-state index contributed by atoms with van der Waals surface area (Å²) >= 11 is 1.28. The van der Waals surface area contributed by atoms with Crippen molar-refractivity contribution in [1.82, 2.24) is 4.37 Å². The minimum Gasteiger partial charge on any atom is -0.308 e. The van der Waals surface area contributed by atoms with Crippen LogP contribution in [0.1, 0.15) is 36.9 Å². The largest absolute Gasteiger partial charge is 0.308 e. The van der Waals surface area contributed by atoms with Gasteiger partial charge in [-0.2, -0.15) is 4.37 Å². The lowest BCUT2D eigenvalue weighted by Crippen LogP contribution is -1.89. The van der Waals surface area contributed by atoms with Crippen LogP contribution in [0.15, 0.2) is 0 Å². The zero-order valence-electron chi connectivity index (χ0n) is 8.22. The lowest BCUT2D eigenvalue weighted by Gasteiger charge is -1.90. The van der Waals surface area contributed by atoms with Crippen molar-refractivity contribution in [3.05, 3.63) is 16.1 Å². The predicted molar refractivity (Wildman–Crippen MR) is 58.6 cm³/mol. The molecule has 0 fully saturated rings. The Kier molecular flexibility index (Phi) is 5.97. The molecule has 1 rings (SSSR count). The standard InChI is InChI=1S/C7H9N3S.C2H6/c1-2-6-5(3-8)7(4-9)11-10-6;1-2/h3-4,8-9H,2H2,1H3;1-2H3. The summed E-state index contributed by atoms with van der Waals surface area (Å²) in [6.45, 7) is 6.00. The minimum absolute atomic E-state index is 0.775. The molecular weight excluding hydrogens is 182 g/mol. The molecule has 0 aromatic carbocycles. The molecular formula is C9H15N3S. The van der Waals surface area contributed by atoms with E-state index < -0.39 is 0 Å². The Morgan fingerprint density at radius 1 is 1.31 bits per heavy atom. The number of hydrogen-bond acceptors (Lipinski definition) is 4. The van der Waals surface area contributed by atoms with Gasteiger partial charge in [-0.25, -0.2) is 0 Å². The SMILES string of the molecule is CC.CCc1nsc(C=N)c1C=N. The van der Waals surface area contributed by atoms with E-state index in [1.165, 1.54) is 24.0 Å². The van der Waals surface area contributed by atoms with Gasteiger partial charge < -0.3 is 10.8 Å². The smallest absolute Gasteiger partial charge is 0.0743 e. The highest BCUT2D eigenvalue weighted by Crippen LogP contribution is 2.14. The number of hydrogen-bond donors (Lipinski definition) is 2. The van der Waals surface area contributed by atoms with Gasteiger partial charge in [-0.05, 0) is 18.0 Å². The Bertz CT molecular complexity index is 278. The molecule has 0 saturated carbocycles. The summed E-state index contributed by atoms with van der Waals surface area (Å²) in [6.07, 6.45) is 3.34. The van der Waals surface area contributed by atoms with Gasteiger partial charge in [-0.15, -0.1) is 0 Å². The van der Waals surface area contributed by atoms with E-state index in [1.807, 2.05) is 20.8 Å². The molecule has 0 aliphatic heterocycles. The third-order valence-corrected chi connectivity index (χ3v) is 2.29. The van der Waals surface area contributed by atoms with Gasteiger partial charge in [0.25, 0.3) is 0 Å². The Morgan fingerprint density at radius 3 is 2.31 bits per heavy atom. The fraction of sp³-hybridized carbons (Fsp3) is 0.444. The first-order valence-electron chi connectivity index (χ1n) is 4.33. The summed E-state index contributed by atoms with van der Waals surface area (Å²) in [5.41, 5.74) is 1.72. The van der Waals surface area contributed by atoms with E-state index in [0.717, 1.165) is 22.6 Å². The van der Waals surface area contributed by atoms with E-state index in [9.17, 15) is 0 Å². The molecule has 0 bridgehead atoms. The molecule has 1 heterocycles. The molecule has 1 aromatic heterocycles. The maximum Gasteiger partial charge on any atom is 0.0743 e. The van der Waals surface area contributed by atoms with Crippen molar-refractivity contribution in [1.29, 1.82) is 10.8 Å². The van der Waals surface area contributed by atoms with Crippen LogP contribution in [0.4, 0.5) is 0 Å². The molecule has 2 N–H and O–H groups in total. The zero-order valence-corrected chi connectivity index (χ0v) is 9.03. The molecule has 0 atom stereocenters. The van der Waals surface area contributed by atoms with E-state index >= 15 is 0 Å². The number of aromatic nitrogens is 1. The topological polar surface area (TPSA) is 60.6 Å². The summed E-state index contributed by atoms with van der Waals surface area (Å²) < 4.78 is 4.12. The second-order valence-electron chi connectivity index (χ2n) is 2.05. The van der Waals surface area contributed by atoms with Crippen LogP contribution < -0.4 is 0 Å². The van der Waals surface area contributed by atoms with E-state index in [-0.39, 0.29) is 0 Å². The van der Waals surface area contributed by atoms with Crippen molar-refractivity contribution in [2.45, 2.75) is 27.2 Å². The molecule has 13 heavy (non-hydrogen) atoms. The number of rotatable bonds is 3. The maximum atomic E-state index is 7.09. The first-order valence-corrected chi connectivity index (χ1v) is 5.10. The van der Waals surface area contributed by atoms with E-state index in [4.69, 9.17) is 10.8 Å². The van der Waals surface area contributed by atoms with Crippen LogP contribution in [0.2, 0.25) is 0 Å². The minimum atomic E-state index is 0.775. The van der Waals surface area contributed by atoms with Crippen molar-refractivity contribution < 1.29 is 0 Å². The molecule has 3 nitrogen and oxygen atoms in total. The molecule has 0 radical (unpaired) electrons. The molecule has 1 aromatic rings. The molecule has 0 amide bonds. The quantitative estimate of drug-likeness (QED) is 0.719. The highest BCUT2D eigenvalue weighted by molar-refractivity contribution is 7.08. The van der Waals surface area contributed by atoms with Gasteiger partial charge in [0.05, 0.1) is 10.6 Å². The average Bonchev–Trinajstić information content (AvgIpc) is 2.62. The molecule has 72 valence electrons. The van der Waals surface area contributed by atoms with Crippen LogP contribution in [0.5, 0.6) is 0 Å². The summed E-state index contributed by atoms with van der Waals surface area (Å²) in [6, 6.07) is 0. The van der Waals surface area contributed by atoms with Crippen molar-refractivity contribution >= 4 is 24.0 Å². The van der Waals surface area contributed by atoms with Crippen molar-refractivity contribution in [3.63, 3.8) is 0 Å². The van der Waals surface area contributed by atoms with Crippen LogP contribution in [0, 0.1) is 10.8 Å². The Hall–Kier alpha value is -1.03. The molecule has 4 heteroatoms. The molecule has 0 spiro atoms. The van der Waals surface area contributed by atoms with Gasteiger partial charge in [0.1, 0.15) is 0 Å². The van der Waals surface area contributed by atoms with Crippen LogP contribution in [0.25, 0.3) is 0 Å². The van der Waals surface area contributed by atoms with E-state index in [1.54, 1.807) is 0 Å².